The number of methoxy groups -OCH3 is 1. The SMILES string of the molecule is COCCOCC(=O)Nc1ccccc1CNC(=O)CNC(=O)OC(C)(C)C. The zero-order chi connectivity index (χ0) is 21.0. The first kappa shape index (κ1) is 23.4. The number of carbonyl (C=O) groups excluding carboxylic acids is 3. The summed E-state index contributed by atoms with van der Waals surface area (Å²) in [7, 11) is 1.55. The summed E-state index contributed by atoms with van der Waals surface area (Å²) in [6.45, 7) is 5.83. The van der Waals surface area contributed by atoms with Crippen molar-refractivity contribution in [2.24, 2.45) is 0 Å². The predicted molar refractivity (Wildman–Crippen MR) is 104 cm³/mol. The van der Waals surface area contributed by atoms with Crippen LogP contribution < -0.4 is 16.0 Å². The van der Waals surface area contributed by atoms with Gasteiger partial charge >= 0.3 is 6.09 Å². The summed E-state index contributed by atoms with van der Waals surface area (Å²) < 4.78 is 15.1. The molecule has 0 saturated heterocycles. The van der Waals surface area contributed by atoms with Crippen molar-refractivity contribution in [3.05, 3.63) is 29.8 Å². The number of carbonyl (C=O) groups is 3. The lowest BCUT2D eigenvalue weighted by molar-refractivity contribution is -0.121. The number of hydrogen-bond acceptors (Lipinski definition) is 6. The molecule has 0 bridgehead atoms. The van der Waals surface area contributed by atoms with Gasteiger partial charge < -0.3 is 30.2 Å². The lowest BCUT2D eigenvalue weighted by Crippen LogP contribution is -2.39. The van der Waals surface area contributed by atoms with E-state index < -0.39 is 11.7 Å². The van der Waals surface area contributed by atoms with E-state index in [9.17, 15) is 14.4 Å². The standard InChI is InChI=1S/C19H29N3O6/c1-19(2,3)28-18(25)21-12-16(23)20-11-14-7-5-6-8-15(14)22-17(24)13-27-10-9-26-4/h5-8H,9-13H2,1-4H3,(H,20,23)(H,21,25)(H,22,24). The number of rotatable bonds is 10. The second-order valence-corrected chi connectivity index (χ2v) is 6.88. The first-order chi connectivity index (χ1) is 13.2. The molecule has 0 atom stereocenters. The average Bonchev–Trinajstić information content (AvgIpc) is 2.61. The molecular formula is C19H29N3O6. The van der Waals surface area contributed by atoms with Crippen LogP contribution in [0.3, 0.4) is 0 Å². The van der Waals surface area contributed by atoms with Gasteiger partial charge in [0.1, 0.15) is 18.8 Å². The van der Waals surface area contributed by atoms with Gasteiger partial charge in [-0.2, -0.15) is 0 Å². The van der Waals surface area contributed by atoms with Crippen molar-refractivity contribution in [3.63, 3.8) is 0 Å². The van der Waals surface area contributed by atoms with Gasteiger partial charge in [-0.05, 0) is 32.4 Å². The molecule has 156 valence electrons. The van der Waals surface area contributed by atoms with Crippen LogP contribution in [0.2, 0.25) is 0 Å². The third-order valence-corrected chi connectivity index (χ3v) is 3.22. The summed E-state index contributed by atoms with van der Waals surface area (Å²) >= 11 is 0. The molecule has 0 aliphatic rings. The summed E-state index contributed by atoms with van der Waals surface area (Å²) in [6.07, 6.45) is -0.663. The molecular weight excluding hydrogens is 366 g/mol. The predicted octanol–water partition coefficient (Wildman–Crippen LogP) is 1.43. The van der Waals surface area contributed by atoms with Crippen LogP contribution in [0.15, 0.2) is 24.3 Å². The van der Waals surface area contributed by atoms with Gasteiger partial charge in [0.05, 0.1) is 13.2 Å². The fraction of sp³-hybridized carbons (Fsp3) is 0.526. The molecule has 3 amide bonds. The molecule has 0 heterocycles. The molecule has 3 N–H and O–H groups in total. The van der Waals surface area contributed by atoms with Crippen molar-refractivity contribution in [3.8, 4) is 0 Å². The number of anilines is 1. The Kier molecular flexibility index (Phi) is 9.97. The monoisotopic (exact) mass is 395 g/mol. The summed E-state index contributed by atoms with van der Waals surface area (Å²) in [5.41, 5.74) is 0.659. The minimum atomic E-state index is -0.663. The van der Waals surface area contributed by atoms with Crippen LogP contribution in [-0.2, 0) is 30.3 Å². The normalized spacial score (nSPS) is 10.9. The Labute approximate surface area is 165 Å². The van der Waals surface area contributed by atoms with Gasteiger partial charge in [0.25, 0.3) is 0 Å². The highest BCUT2D eigenvalue weighted by atomic mass is 16.6. The van der Waals surface area contributed by atoms with Crippen molar-refractivity contribution in [2.45, 2.75) is 32.9 Å². The fourth-order valence-electron chi connectivity index (χ4n) is 2.01. The Morgan fingerprint density at radius 1 is 1.00 bits per heavy atom. The minimum Gasteiger partial charge on any atom is -0.444 e. The Balaban J connectivity index is 2.44. The summed E-state index contributed by atoms with van der Waals surface area (Å²) in [5.74, 6) is -0.684. The molecule has 9 nitrogen and oxygen atoms in total. The van der Waals surface area contributed by atoms with E-state index in [1.807, 2.05) is 0 Å². The zero-order valence-electron chi connectivity index (χ0n) is 16.8. The maximum absolute atomic E-state index is 11.9. The molecule has 28 heavy (non-hydrogen) atoms. The lowest BCUT2D eigenvalue weighted by atomic mass is 10.1. The molecule has 0 aromatic heterocycles. The van der Waals surface area contributed by atoms with Crippen molar-refractivity contribution in [1.82, 2.24) is 10.6 Å². The number of para-hydroxylation sites is 1. The average molecular weight is 395 g/mol. The smallest absolute Gasteiger partial charge is 0.408 e. The molecule has 0 saturated carbocycles. The van der Waals surface area contributed by atoms with Crippen LogP contribution in [0.25, 0.3) is 0 Å². The molecule has 0 spiro atoms. The van der Waals surface area contributed by atoms with Crippen molar-refractivity contribution in [1.29, 1.82) is 0 Å². The van der Waals surface area contributed by atoms with E-state index in [0.29, 0.717) is 18.9 Å². The Morgan fingerprint density at radius 2 is 1.71 bits per heavy atom. The highest BCUT2D eigenvalue weighted by Gasteiger charge is 2.16. The highest BCUT2D eigenvalue weighted by Crippen LogP contribution is 2.14. The number of amides is 3. The summed E-state index contributed by atoms with van der Waals surface area (Å²) in [5, 5.41) is 7.81. The van der Waals surface area contributed by atoms with Crippen LogP contribution in [0.4, 0.5) is 10.5 Å². The Bertz CT molecular complexity index is 657. The van der Waals surface area contributed by atoms with Gasteiger partial charge in [-0.3, -0.25) is 9.59 Å². The van der Waals surface area contributed by atoms with Gasteiger partial charge in [0, 0.05) is 19.3 Å². The molecule has 0 radical (unpaired) electrons. The topological polar surface area (TPSA) is 115 Å². The van der Waals surface area contributed by atoms with Gasteiger partial charge in [0.2, 0.25) is 11.8 Å². The molecule has 0 unspecified atom stereocenters. The molecule has 1 aromatic rings. The third-order valence-electron chi connectivity index (χ3n) is 3.22. The van der Waals surface area contributed by atoms with E-state index in [1.165, 1.54) is 0 Å². The summed E-state index contributed by atoms with van der Waals surface area (Å²) in [4.78, 5) is 35.4. The maximum atomic E-state index is 11.9. The molecule has 0 aliphatic heterocycles. The number of nitrogens with one attached hydrogen (secondary N) is 3. The third kappa shape index (κ3) is 10.5. The first-order valence-corrected chi connectivity index (χ1v) is 8.89. The number of benzene rings is 1. The van der Waals surface area contributed by atoms with Gasteiger partial charge in [-0.1, -0.05) is 18.2 Å². The van der Waals surface area contributed by atoms with Crippen LogP contribution >= 0.6 is 0 Å². The quantitative estimate of drug-likeness (QED) is 0.516. The largest absolute Gasteiger partial charge is 0.444 e. The van der Waals surface area contributed by atoms with Gasteiger partial charge in [-0.25, -0.2) is 4.79 Å². The Morgan fingerprint density at radius 3 is 2.39 bits per heavy atom. The summed E-state index contributed by atoms with van der Waals surface area (Å²) in [6, 6.07) is 7.08. The van der Waals surface area contributed by atoms with Gasteiger partial charge in [-0.15, -0.1) is 0 Å². The van der Waals surface area contributed by atoms with Crippen molar-refractivity contribution >= 4 is 23.6 Å². The lowest BCUT2D eigenvalue weighted by Gasteiger charge is -2.19. The number of ether oxygens (including phenoxy) is 3. The van der Waals surface area contributed by atoms with E-state index in [2.05, 4.69) is 16.0 Å². The molecule has 1 aromatic carbocycles. The van der Waals surface area contributed by atoms with Crippen LogP contribution in [0, 0.1) is 0 Å². The molecule has 9 heteroatoms. The van der Waals surface area contributed by atoms with Crippen molar-refractivity contribution < 1.29 is 28.6 Å². The van der Waals surface area contributed by atoms with Crippen molar-refractivity contribution in [2.75, 3.05) is 38.8 Å². The first-order valence-electron chi connectivity index (χ1n) is 8.89. The maximum Gasteiger partial charge on any atom is 0.408 e. The van der Waals surface area contributed by atoms with E-state index in [0.717, 1.165) is 5.56 Å². The molecule has 0 fully saturated rings. The van der Waals surface area contributed by atoms with Crippen LogP contribution in [0.5, 0.6) is 0 Å². The molecule has 1 rings (SSSR count). The van der Waals surface area contributed by atoms with Gasteiger partial charge in [0.15, 0.2) is 0 Å². The van der Waals surface area contributed by atoms with Crippen LogP contribution in [0.1, 0.15) is 26.3 Å². The number of hydrogen-bond donors (Lipinski definition) is 3. The van der Waals surface area contributed by atoms with Crippen LogP contribution in [-0.4, -0.2) is 57.0 Å². The Hall–Kier alpha value is -2.65. The second kappa shape index (κ2) is 11.9. The fourth-order valence-corrected chi connectivity index (χ4v) is 2.01. The van der Waals surface area contributed by atoms with E-state index in [-0.39, 0.29) is 31.5 Å². The van der Waals surface area contributed by atoms with E-state index in [1.54, 1.807) is 52.1 Å². The highest BCUT2D eigenvalue weighted by molar-refractivity contribution is 5.92. The zero-order valence-corrected chi connectivity index (χ0v) is 16.8. The number of alkyl carbamates (subject to hydrolysis) is 1. The minimum absolute atomic E-state index is 0.0934. The second-order valence-electron chi connectivity index (χ2n) is 6.88. The van der Waals surface area contributed by atoms with E-state index in [4.69, 9.17) is 14.2 Å². The molecule has 0 aliphatic carbocycles. The van der Waals surface area contributed by atoms with E-state index >= 15 is 0 Å².